The van der Waals surface area contributed by atoms with E-state index < -0.39 is 11.8 Å². The number of benzene rings is 1. The number of aliphatic carboxylic acids is 1. The quantitative estimate of drug-likeness (QED) is 0.137. The number of carbonyl (C=O) groups is 2. The van der Waals surface area contributed by atoms with Crippen LogP contribution in [0.1, 0.15) is 36.8 Å². The first kappa shape index (κ1) is 34.5. The van der Waals surface area contributed by atoms with Gasteiger partial charge in [0, 0.05) is 66.7 Å². The maximum Gasteiger partial charge on any atom is 0.306 e. The third-order valence-electron chi connectivity index (χ3n) is 8.90. The number of nitrogens with one attached hydrogen (secondary N) is 3. The van der Waals surface area contributed by atoms with Gasteiger partial charge in [0.05, 0.1) is 40.1 Å². The normalized spacial score (nSPS) is 16.8. The first-order valence-electron chi connectivity index (χ1n) is 16.0. The van der Waals surface area contributed by atoms with Crippen molar-refractivity contribution in [1.29, 1.82) is 0 Å². The van der Waals surface area contributed by atoms with Crippen molar-refractivity contribution in [2.75, 3.05) is 32.1 Å². The van der Waals surface area contributed by atoms with Gasteiger partial charge in [0.2, 0.25) is 11.8 Å². The van der Waals surface area contributed by atoms with Crippen LogP contribution in [0.2, 0.25) is 10.0 Å². The van der Waals surface area contributed by atoms with Crippen LogP contribution in [0.25, 0.3) is 22.5 Å². The molecule has 4 N–H and O–H groups in total. The molecule has 2 aliphatic heterocycles. The minimum Gasteiger partial charge on any atom is -0.481 e. The van der Waals surface area contributed by atoms with Gasteiger partial charge in [-0.3, -0.25) is 19.5 Å². The molecule has 0 bridgehead atoms. The second kappa shape index (κ2) is 15.5. The van der Waals surface area contributed by atoms with Crippen molar-refractivity contribution in [2.24, 2.45) is 5.92 Å². The van der Waals surface area contributed by atoms with E-state index in [1.807, 2.05) is 17.0 Å². The molecule has 0 saturated carbocycles. The average Bonchev–Trinajstić information content (AvgIpc) is 3.52. The van der Waals surface area contributed by atoms with E-state index in [0.29, 0.717) is 96.7 Å². The number of halogens is 3. The molecule has 1 aromatic carbocycles. The van der Waals surface area contributed by atoms with E-state index in [0.717, 1.165) is 12.0 Å². The highest BCUT2D eigenvalue weighted by Gasteiger charge is 2.26. The molecule has 2 fully saturated rings. The van der Waals surface area contributed by atoms with Crippen molar-refractivity contribution < 1.29 is 23.8 Å². The number of rotatable bonds is 12. The van der Waals surface area contributed by atoms with Crippen LogP contribution in [0.4, 0.5) is 15.9 Å². The maximum atomic E-state index is 15.7. The molecule has 49 heavy (non-hydrogen) atoms. The summed E-state index contributed by atoms with van der Waals surface area (Å²) in [6.45, 7) is 2.65. The van der Waals surface area contributed by atoms with E-state index in [-0.39, 0.29) is 28.7 Å². The highest BCUT2D eigenvalue weighted by Crippen LogP contribution is 2.41. The Morgan fingerprint density at radius 2 is 1.84 bits per heavy atom. The van der Waals surface area contributed by atoms with Crippen LogP contribution < -0.4 is 20.7 Å². The summed E-state index contributed by atoms with van der Waals surface area (Å²) in [7, 11) is 1.56. The topological polar surface area (TPSA) is 142 Å². The summed E-state index contributed by atoms with van der Waals surface area (Å²) in [6.07, 6.45) is 5.57. The van der Waals surface area contributed by atoms with Crippen molar-refractivity contribution in [3.8, 4) is 28.4 Å². The molecule has 0 aliphatic carbocycles. The van der Waals surface area contributed by atoms with Crippen molar-refractivity contribution in [1.82, 2.24) is 30.5 Å². The fourth-order valence-electron chi connectivity index (χ4n) is 6.18. The minimum atomic E-state index is -0.785. The van der Waals surface area contributed by atoms with Crippen molar-refractivity contribution >= 4 is 46.6 Å². The number of piperidine rings is 1. The van der Waals surface area contributed by atoms with Gasteiger partial charge in [-0.15, -0.1) is 0 Å². The number of carboxylic acids is 1. The fraction of sp³-hybridized carbons (Fsp3) is 0.343. The Balaban J connectivity index is 1.18. The second-order valence-corrected chi connectivity index (χ2v) is 12.9. The van der Waals surface area contributed by atoms with Gasteiger partial charge in [-0.1, -0.05) is 41.4 Å². The molecular formula is C35H36Cl2FN7O4. The molecule has 11 nitrogen and oxygen atoms in total. The summed E-state index contributed by atoms with van der Waals surface area (Å²) in [5, 5.41) is 19.2. The van der Waals surface area contributed by atoms with Gasteiger partial charge in [-0.25, -0.2) is 14.4 Å². The number of carbonyl (C=O) groups excluding carboxylic acids is 1. The van der Waals surface area contributed by atoms with Gasteiger partial charge in [0.25, 0.3) is 0 Å². The van der Waals surface area contributed by atoms with Gasteiger partial charge in [0.1, 0.15) is 0 Å². The third-order valence-corrected chi connectivity index (χ3v) is 9.69. The Bertz CT molecular complexity index is 1860. The van der Waals surface area contributed by atoms with Crippen LogP contribution >= 0.6 is 23.2 Å². The number of ether oxygens (including phenoxy) is 1. The lowest BCUT2D eigenvalue weighted by molar-refractivity contribution is -0.143. The highest BCUT2D eigenvalue weighted by molar-refractivity contribution is 6.39. The standard InChI is InChI=1S/C35H36Cl2FN7O4/c1-49-34-21(17-39-18-23-6-8-28(46)42-23)5-7-26(44-34)24-10-14-40-32(30(24)37)25-3-2-4-27(29(25)36)43-33-31(38)22(9-13-41-33)19-45-15-11-20(12-16-45)35(47)48/h2-5,7,9-10,13-14,20,23,39H,6,8,11-12,15-19H2,1H3,(H,41,43)(H,42,46)(H,47,48)/t23-/m1/s1. The number of aromatic nitrogens is 3. The Morgan fingerprint density at radius 1 is 1.04 bits per heavy atom. The van der Waals surface area contributed by atoms with E-state index in [2.05, 4.69) is 25.9 Å². The summed E-state index contributed by atoms with van der Waals surface area (Å²) in [5.74, 6) is -1.11. The van der Waals surface area contributed by atoms with Crippen LogP contribution in [0.5, 0.6) is 5.88 Å². The second-order valence-electron chi connectivity index (χ2n) is 12.1. The Kier molecular flexibility index (Phi) is 10.9. The zero-order valence-electron chi connectivity index (χ0n) is 26.8. The average molecular weight is 709 g/mol. The number of hydrogen-bond donors (Lipinski definition) is 4. The smallest absolute Gasteiger partial charge is 0.306 e. The number of hydrogen-bond acceptors (Lipinski definition) is 9. The van der Waals surface area contributed by atoms with Crippen LogP contribution in [0, 0.1) is 11.7 Å². The SMILES string of the molecule is COc1nc(-c2ccnc(-c3cccc(Nc4nccc(CN5CCC(C(=O)O)CC5)c4F)c3Cl)c2Cl)ccc1CNC[C@H]1CCC(=O)N1. The lowest BCUT2D eigenvalue weighted by Crippen LogP contribution is -2.36. The number of carboxylic acid groups (broad SMARTS) is 1. The molecule has 2 aliphatic rings. The van der Waals surface area contributed by atoms with Crippen molar-refractivity contribution in [2.45, 2.75) is 44.8 Å². The number of anilines is 2. The predicted molar refractivity (Wildman–Crippen MR) is 185 cm³/mol. The van der Waals surface area contributed by atoms with E-state index in [9.17, 15) is 14.7 Å². The lowest BCUT2D eigenvalue weighted by Gasteiger charge is -2.30. The monoisotopic (exact) mass is 707 g/mol. The maximum absolute atomic E-state index is 15.7. The molecule has 3 aromatic heterocycles. The van der Waals surface area contributed by atoms with E-state index in [1.54, 1.807) is 43.6 Å². The number of methoxy groups -OCH3 is 1. The molecule has 1 atom stereocenters. The Morgan fingerprint density at radius 3 is 2.57 bits per heavy atom. The molecule has 1 amide bonds. The zero-order chi connectivity index (χ0) is 34.5. The van der Waals surface area contributed by atoms with Crippen molar-refractivity contribution in [3.05, 3.63) is 81.8 Å². The minimum absolute atomic E-state index is 0.0173. The molecule has 0 unspecified atom stereocenters. The van der Waals surface area contributed by atoms with Crippen LogP contribution in [0.15, 0.2) is 54.9 Å². The van der Waals surface area contributed by atoms with Crippen LogP contribution in [0.3, 0.4) is 0 Å². The summed E-state index contributed by atoms with van der Waals surface area (Å²) in [4.78, 5) is 38.3. The van der Waals surface area contributed by atoms with Gasteiger partial charge in [-0.2, -0.15) is 0 Å². The molecular weight excluding hydrogens is 672 g/mol. The fourth-order valence-corrected chi connectivity index (χ4v) is 6.76. The Labute approximate surface area is 293 Å². The number of likely N-dealkylation sites (tertiary alicyclic amines) is 1. The van der Waals surface area contributed by atoms with Gasteiger partial charge in [-0.05, 0) is 56.6 Å². The van der Waals surface area contributed by atoms with Crippen LogP contribution in [-0.2, 0) is 22.7 Å². The third kappa shape index (κ3) is 7.94. The molecule has 4 aromatic rings. The van der Waals surface area contributed by atoms with Crippen molar-refractivity contribution in [3.63, 3.8) is 0 Å². The van der Waals surface area contributed by atoms with E-state index in [1.165, 1.54) is 6.20 Å². The van der Waals surface area contributed by atoms with Gasteiger partial charge >= 0.3 is 5.97 Å². The zero-order valence-corrected chi connectivity index (χ0v) is 28.3. The number of amides is 1. The molecule has 2 saturated heterocycles. The predicted octanol–water partition coefficient (Wildman–Crippen LogP) is 6.07. The summed E-state index contributed by atoms with van der Waals surface area (Å²) in [6, 6.07) is 12.5. The molecule has 5 heterocycles. The first-order valence-corrected chi connectivity index (χ1v) is 16.8. The largest absolute Gasteiger partial charge is 0.481 e. The molecule has 14 heteroatoms. The summed E-state index contributed by atoms with van der Waals surface area (Å²) < 4.78 is 21.3. The van der Waals surface area contributed by atoms with E-state index >= 15 is 4.39 Å². The highest BCUT2D eigenvalue weighted by atomic mass is 35.5. The van der Waals surface area contributed by atoms with Gasteiger partial charge < -0.3 is 25.8 Å². The van der Waals surface area contributed by atoms with Gasteiger partial charge in [0.15, 0.2) is 11.6 Å². The molecule has 6 rings (SSSR count). The first-order chi connectivity index (χ1) is 23.7. The summed E-state index contributed by atoms with van der Waals surface area (Å²) >= 11 is 13.8. The van der Waals surface area contributed by atoms with E-state index in [4.69, 9.17) is 32.9 Å². The molecule has 256 valence electrons. The number of pyridine rings is 3. The molecule has 0 spiro atoms. The van der Waals surface area contributed by atoms with Crippen LogP contribution in [-0.4, -0.2) is 69.6 Å². The molecule has 0 radical (unpaired) electrons. The number of nitrogens with zero attached hydrogens (tertiary/aromatic N) is 4. The summed E-state index contributed by atoms with van der Waals surface area (Å²) in [5.41, 5.74) is 3.88. The lowest BCUT2D eigenvalue weighted by atomic mass is 9.97. The Hall–Kier alpha value is -4.36.